The van der Waals surface area contributed by atoms with E-state index in [2.05, 4.69) is 25.5 Å². The van der Waals surface area contributed by atoms with Crippen molar-refractivity contribution in [2.75, 3.05) is 11.2 Å². The van der Waals surface area contributed by atoms with Crippen LogP contribution < -0.4 is 5.32 Å². The maximum Gasteiger partial charge on any atom is 0.225 e. The standard InChI is InChI=1S/C19H17ClFN7O/c1-12-9-16(25-17(29)3-2-8-20)28(26-12)19-15-10-24-27(18(15)22-11-23-19)14-6-4-13(21)5-7-14/h4-7,9-11H,2-3,8H2,1H3,(H,25,29). The summed E-state index contributed by atoms with van der Waals surface area (Å²) in [6.45, 7) is 1.82. The summed E-state index contributed by atoms with van der Waals surface area (Å²) in [5, 5.41) is 12.3. The molecule has 0 fully saturated rings. The Morgan fingerprint density at radius 2 is 2.00 bits per heavy atom. The number of hydrogen-bond acceptors (Lipinski definition) is 5. The van der Waals surface area contributed by atoms with Gasteiger partial charge in [0.15, 0.2) is 11.5 Å². The summed E-state index contributed by atoms with van der Waals surface area (Å²) in [7, 11) is 0. The number of alkyl halides is 1. The molecule has 0 unspecified atom stereocenters. The highest BCUT2D eigenvalue weighted by atomic mass is 35.5. The Labute approximate surface area is 170 Å². The molecule has 0 saturated carbocycles. The van der Waals surface area contributed by atoms with Gasteiger partial charge in [-0.05, 0) is 37.6 Å². The van der Waals surface area contributed by atoms with E-state index in [1.807, 2.05) is 6.92 Å². The van der Waals surface area contributed by atoms with Crippen LogP contribution in [0.2, 0.25) is 0 Å². The third-order valence-electron chi connectivity index (χ3n) is 4.25. The Balaban J connectivity index is 1.76. The topological polar surface area (TPSA) is 90.5 Å². The van der Waals surface area contributed by atoms with Crippen LogP contribution in [0.4, 0.5) is 10.2 Å². The SMILES string of the molecule is Cc1cc(NC(=O)CCCCl)n(-c2ncnc3c2cnn3-c2ccc(F)cc2)n1. The molecule has 0 aliphatic rings. The van der Waals surface area contributed by atoms with Crippen molar-refractivity contribution in [1.29, 1.82) is 0 Å². The summed E-state index contributed by atoms with van der Waals surface area (Å²) in [6, 6.07) is 7.71. The van der Waals surface area contributed by atoms with E-state index in [-0.39, 0.29) is 11.7 Å². The van der Waals surface area contributed by atoms with Crippen molar-refractivity contribution in [2.24, 2.45) is 0 Å². The van der Waals surface area contributed by atoms with Gasteiger partial charge >= 0.3 is 0 Å². The average molecular weight is 414 g/mol. The first-order valence-corrected chi connectivity index (χ1v) is 9.48. The average Bonchev–Trinajstić information content (AvgIpc) is 3.30. The highest BCUT2D eigenvalue weighted by Gasteiger charge is 2.17. The van der Waals surface area contributed by atoms with Gasteiger partial charge in [-0.2, -0.15) is 14.9 Å². The number of nitrogens with zero attached hydrogens (tertiary/aromatic N) is 6. The number of carbonyl (C=O) groups is 1. The van der Waals surface area contributed by atoms with Gasteiger partial charge in [-0.15, -0.1) is 11.6 Å². The van der Waals surface area contributed by atoms with E-state index in [0.29, 0.717) is 47.1 Å². The molecule has 0 saturated heterocycles. The van der Waals surface area contributed by atoms with Crippen LogP contribution in [0.15, 0.2) is 42.9 Å². The summed E-state index contributed by atoms with van der Waals surface area (Å²) in [5.74, 6) is 0.905. The normalized spacial score (nSPS) is 11.1. The first-order chi connectivity index (χ1) is 14.1. The summed E-state index contributed by atoms with van der Waals surface area (Å²) in [6.07, 6.45) is 3.91. The van der Waals surface area contributed by atoms with E-state index < -0.39 is 0 Å². The summed E-state index contributed by atoms with van der Waals surface area (Å²) < 4.78 is 16.4. The maximum atomic E-state index is 13.2. The third kappa shape index (κ3) is 3.81. The highest BCUT2D eigenvalue weighted by molar-refractivity contribution is 6.18. The largest absolute Gasteiger partial charge is 0.311 e. The fourth-order valence-corrected chi connectivity index (χ4v) is 3.09. The lowest BCUT2D eigenvalue weighted by atomic mass is 10.3. The molecule has 0 radical (unpaired) electrons. The zero-order valence-electron chi connectivity index (χ0n) is 15.5. The van der Waals surface area contributed by atoms with Crippen molar-refractivity contribution in [3.8, 4) is 11.5 Å². The molecule has 3 aromatic heterocycles. The number of nitrogens with one attached hydrogen (secondary N) is 1. The number of amides is 1. The molecule has 1 aromatic carbocycles. The van der Waals surface area contributed by atoms with Gasteiger partial charge in [0.25, 0.3) is 0 Å². The summed E-state index contributed by atoms with van der Waals surface area (Å²) in [5.41, 5.74) is 1.92. The lowest BCUT2D eigenvalue weighted by Gasteiger charge is -2.09. The van der Waals surface area contributed by atoms with E-state index in [1.54, 1.807) is 33.8 Å². The molecular weight excluding hydrogens is 397 g/mol. The molecule has 8 nitrogen and oxygen atoms in total. The van der Waals surface area contributed by atoms with E-state index in [9.17, 15) is 9.18 Å². The van der Waals surface area contributed by atoms with Crippen LogP contribution in [-0.4, -0.2) is 41.3 Å². The van der Waals surface area contributed by atoms with E-state index in [1.165, 1.54) is 18.5 Å². The molecule has 4 aromatic rings. The molecule has 3 heterocycles. The molecule has 1 N–H and O–H groups in total. The number of benzene rings is 1. The van der Waals surface area contributed by atoms with E-state index >= 15 is 0 Å². The Morgan fingerprint density at radius 3 is 2.76 bits per heavy atom. The Hall–Kier alpha value is -3.33. The van der Waals surface area contributed by atoms with Gasteiger partial charge in [0.05, 0.1) is 23.0 Å². The van der Waals surface area contributed by atoms with Crippen LogP contribution in [0, 0.1) is 12.7 Å². The molecule has 148 valence electrons. The van der Waals surface area contributed by atoms with Crippen LogP contribution in [-0.2, 0) is 4.79 Å². The molecule has 29 heavy (non-hydrogen) atoms. The van der Waals surface area contributed by atoms with Crippen molar-refractivity contribution >= 4 is 34.4 Å². The number of aromatic nitrogens is 6. The number of rotatable bonds is 6. The van der Waals surface area contributed by atoms with Crippen LogP contribution in [0.25, 0.3) is 22.5 Å². The lowest BCUT2D eigenvalue weighted by molar-refractivity contribution is -0.116. The highest BCUT2D eigenvalue weighted by Crippen LogP contribution is 2.24. The molecule has 0 bridgehead atoms. The summed E-state index contributed by atoms with van der Waals surface area (Å²) >= 11 is 5.66. The lowest BCUT2D eigenvalue weighted by Crippen LogP contribution is -2.15. The van der Waals surface area contributed by atoms with Crippen LogP contribution in [0.3, 0.4) is 0 Å². The monoisotopic (exact) mass is 413 g/mol. The fourth-order valence-electron chi connectivity index (χ4n) is 2.95. The predicted octanol–water partition coefficient (Wildman–Crippen LogP) is 3.41. The first kappa shape index (κ1) is 19.0. The molecule has 0 atom stereocenters. The van der Waals surface area contributed by atoms with E-state index in [4.69, 9.17) is 11.6 Å². The predicted molar refractivity (Wildman–Crippen MR) is 107 cm³/mol. The molecular formula is C19H17ClFN7O. The van der Waals surface area contributed by atoms with Crippen molar-refractivity contribution in [3.05, 3.63) is 54.4 Å². The van der Waals surface area contributed by atoms with Gasteiger partial charge in [0, 0.05) is 18.4 Å². The minimum absolute atomic E-state index is 0.154. The molecule has 1 amide bonds. The molecule has 0 aliphatic heterocycles. The summed E-state index contributed by atoms with van der Waals surface area (Å²) in [4.78, 5) is 20.8. The number of hydrogen-bond donors (Lipinski definition) is 1. The zero-order valence-corrected chi connectivity index (χ0v) is 16.3. The zero-order chi connectivity index (χ0) is 20.4. The minimum Gasteiger partial charge on any atom is -0.311 e. The molecule has 0 spiro atoms. The second kappa shape index (κ2) is 7.96. The number of halogens is 2. The van der Waals surface area contributed by atoms with Gasteiger partial charge in [-0.25, -0.2) is 19.0 Å². The van der Waals surface area contributed by atoms with Gasteiger partial charge in [0.2, 0.25) is 5.91 Å². The Kier molecular flexibility index (Phi) is 5.22. The van der Waals surface area contributed by atoms with E-state index in [0.717, 1.165) is 5.69 Å². The smallest absolute Gasteiger partial charge is 0.225 e. The quantitative estimate of drug-likeness (QED) is 0.489. The van der Waals surface area contributed by atoms with Crippen molar-refractivity contribution in [1.82, 2.24) is 29.5 Å². The number of fused-ring (bicyclic) bond motifs is 1. The Bertz CT molecular complexity index is 1170. The van der Waals surface area contributed by atoms with Crippen molar-refractivity contribution in [2.45, 2.75) is 19.8 Å². The molecule has 10 heteroatoms. The number of aryl methyl sites for hydroxylation is 1. The van der Waals surface area contributed by atoms with Gasteiger partial charge in [0.1, 0.15) is 18.0 Å². The fraction of sp³-hybridized carbons (Fsp3) is 0.211. The third-order valence-corrected chi connectivity index (χ3v) is 4.52. The molecule has 0 aliphatic carbocycles. The maximum absolute atomic E-state index is 13.2. The second-order valence-corrected chi connectivity index (χ2v) is 6.77. The van der Waals surface area contributed by atoms with Crippen LogP contribution in [0.5, 0.6) is 0 Å². The number of carbonyl (C=O) groups excluding carboxylic acids is 1. The van der Waals surface area contributed by atoms with Crippen LogP contribution >= 0.6 is 11.6 Å². The molecule has 4 rings (SSSR count). The van der Waals surface area contributed by atoms with Crippen molar-refractivity contribution < 1.29 is 9.18 Å². The number of anilines is 1. The van der Waals surface area contributed by atoms with Gasteiger partial charge in [-0.3, -0.25) is 4.79 Å². The van der Waals surface area contributed by atoms with Crippen molar-refractivity contribution in [3.63, 3.8) is 0 Å². The van der Waals surface area contributed by atoms with Gasteiger partial charge < -0.3 is 5.32 Å². The second-order valence-electron chi connectivity index (χ2n) is 6.39. The Morgan fingerprint density at radius 1 is 1.21 bits per heavy atom. The minimum atomic E-state index is -0.331. The van der Waals surface area contributed by atoms with Crippen LogP contribution in [0.1, 0.15) is 18.5 Å². The first-order valence-electron chi connectivity index (χ1n) is 8.94. The van der Waals surface area contributed by atoms with Gasteiger partial charge in [-0.1, -0.05) is 0 Å².